The second-order valence-corrected chi connectivity index (χ2v) is 5.54. The second kappa shape index (κ2) is 5.23. The van der Waals surface area contributed by atoms with Crippen molar-refractivity contribution in [3.05, 3.63) is 30.3 Å². The van der Waals surface area contributed by atoms with Crippen molar-refractivity contribution in [2.75, 3.05) is 5.75 Å². The molecule has 0 amide bonds. The van der Waals surface area contributed by atoms with Gasteiger partial charge in [-0.05, 0) is 19.1 Å². The van der Waals surface area contributed by atoms with Gasteiger partial charge in [-0.1, -0.05) is 6.07 Å². The van der Waals surface area contributed by atoms with E-state index in [0.29, 0.717) is 5.69 Å². The zero-order chi connectivity index (χ0) is 13.0. The monoisotopic (exact) mass is 268 g/mol. The minimum Gasteiger partial charge on any atom is -0.418 e. The number of pyridine rings is 1. The van der Waals surface area contributed by atoms with Crippen LogP contribution in [0.15, 0.2) is 28.8 Å². The van der Waals surface area contributed by atoms with Crippen LogP contribution in [0.25, 0.3) is 11.6 Å². The maximum absolute atomic E-state index is 11.2. The highest BCUT2D eigenvalue weighted by atomic mass is 32.2. The van der Waals surface area contributed by atoms with Gasteiger partial charge in [0.2, 0.25) is 15.9 Å². The van der Waals surface area contributed by atoms with Crippen LogP contribution in [0, 0.1) is 0 Å². The largest absolute Gasteiger partial charge is 0.418 e. The summed E-state index contributed by atoms with van der Waals surface area (Å²) in [5.41, 5.74) is 0.551. The standard InChI is InChI=1S/C10H12N4O3S/c1-2-18(15,16)12-7-9-13-14-10(17-9)8-5-3-4-6-11-8/h3-6,12H,2,7H2,1H3. The Hall–Kier alpha value is -1.80. The van der Waals surface area contributed by atoms with Gasteiger partial charge in [0.1, 0.15) is 5.69 Å². The molecular formula is C10H12N4O3S. The summed E-state index contributed by atoms with van der Waals surface area (Å²) in [5.74, 6) is 0.475. The fraction of sp³-hybridized carbons (Fsp3) is 0.300. The van der Waals surface area contributed by atoms with E-state index in [9.17, 15) is 8.42 Å². The van der Waals surface area contributed by atoms with Crippen LogP contribution in [-0.2, 0) is 16.6 Å². The summed E-state index contributed by atoms with van der Waals surface area (Å²) in [7, 11) is -3.27. The Bertz CT molecular complexity index is 609. The van der Waals surface area contributed by atoms with Gasteiger partial charge in [0.15, 0.2) is 0 Å². The molecular weight excluding hydrogens is 256 g/mol. The average Bonchev–Trinajstić information content (AvgIpc) is 2.86. The highest BCUT2D eigenvalue weighted by Gasteiger charge is 2.12. The third-order valence-corrected chi connectivity index (χ3v) is 3.52. The van der Waals surface area contributed by atoms with E-state index in [2.05, 4.69) is 19.9 Å². The fourth-order valence-electron chi connectivity index (χ4n) is 1.19. The van der Waals surface area contributed by atoms with E-state index < -0.39 is 10.0 Å². The number of aromatic nitrogens is 3. The molecule has 7 nitrogen and oxygen atoms in total. The van der Waals surface area contributed by atoms with Crippen molar-refractivity contribution < 1.29 is 12.8 Å². The molecule has 0 aliphatic carbocycles. The van der Waals surface area contributed by atoms with Crippen molar-refractivity contribution in [1.82, 2.24) is 19.9 Å². The van der Waals surface area contributed by atoms with Gasteiger partial charge in [0.05, 0.1) is 12.3 Å². The summed E-state index contributed by atoms with van der Waals surface area (Å²) < 4.78 is 30.1. The molecule has 0 fully saturated rings. The first kappa shape index (κ1) is 12.7. The SMILES string of the molecule is CCS(=O)(=O)NCc1nnc(-c2ccccn2)o1. The summed E-state index contributed by atoms with van der Waals surface area (Å²) >= 11 is 0. The van der Waals surface area contributed by atoms with E-state index in [1.165, 1.54) is 0 Å². The number of hydrogen-bond donors (Lipinski definition) is 1. The molecule has 2 aromatic rings. The minimum absolute atomic E-state index is 0.00817. The summed E-state index contributed by atoms with van der Waals surface area (Å²) in [6.07, 6.45) is 1.61. The Balaban J connectivity index is 2.08. The molecule has 0 bridgehead atoms. The predicted molar refractivity (Wildman–Crippen MR) is 63.8 cm³/mol. The molecule has 0 saturated heterocycles. The normalized spacial score (nSPS) is 11.6. The van der Waals surface area contributed by atoms with Gasteiger partial charge in [0, 0.05) is 6.20 Å². The maximum atomic E-state index is 11.2. The van der Waals surface area contributed by atoms with E-state index in [-0.39, 0.29) is 24.1 Å². The van der Waals surface area contributed by atoms with Gasteiger partial charge < -0.3 is 4.42 Å². The molecule has 0 unspecified atom stereocenters. The lowest BCUT2D eigenvalue weighted by Crippen LogP contribution is -2.24. The highest BCUT2D eigenvalue weighted by molar-refractivity contribution is 7.89. The fourth-order valence-corrected chi connectivity index (χ4v) is 1.74. The maximum Gasteiger partial charge on any atom is 0.266 e. The van der Waals surface area contributed by atoms with Crippen LogP contribution in [0.5, 0.6) is 0 Å². The lowest BCUT2D eigenvalue weighted by Gasteiger charge is -1.99. The molecule has 2 heterocycles. The van der Waals surface area contributed by atoms with Crippen molar-refractivity contribution in [3.8, 4) is 11.6 Å². The van der Waals surface area contributed by atoms with E-state index >= 15 is 0 Å². The Morgan fingerprint density at radius 1 is 1.33 bits per heavy atom. The average molecular weight is 268 g/mol. The summed E-state index contributed by atoms with van der Waals surface area (Å²) in [6.45, 7) is 1.53. The smallest absolute Gasteiger partial charge is 0.266 e. The van der Waals surface area contributed by atoms with Crippen molar-refractivity contribution in [2.45, 2.75) is 13.5 Å². The second-order valence-electron chi connectivity index (χ2n) is 3.44. The molecule has 96 valence electrons. The van der Waals surface area contributed by atoms with Gasteiger partial charge >= 0.3 is 0 Å². The minimum atomic E-state index is -3.27. The number of rotatable bonds is 5. The summed E-state index contributed by atoms with van der Waals surface area (Å²) in [4.78, 5) is 4.05. The topological polar surface area (TPSA) is 98.0 Å². The molecule has 2 rings (SSSR count). The summed E-state index contributed by atoms with van der Waals surface area (Å²) in [5, 5.41) is 7.55. The van der Waals surface area contributed by atoms with Crippen LogP contribution in [0.4, 0.5) is 0 Å². The highest BCUT2D eigenvalue weighted by Crippen LogP contribution is 2.13. The third kappa shape index (κ3) is 3.11. The molecule has 2 aromatic heterocycles. The number of hydrogen-bond acceptors (Lipinski definition) is 6. The molecule has 18 heavy (non-hydrogen) atoms. The van der Waals surface area contributed by atoms with Crippen LogP contribution >= 0.6 is 0 Å². The van der Waals surface area contributed by atoms with Gasteiger partial charge in [-0.15, -0.1) is 10.2 Å². The van der Waals surface area contributed by atoms with E-state index in [1.807, 2.05) is 0 Å². The van der Waals surface area contributed by atoms with Crippen LogP contribution in [0.2, 0.25) is 0 Å². The van der Waals surface area contributed by atoms with E-state index in [0.717, 1.165) is 0 Å². The number of nitrogens with one attached hydrogen (secondary N) is 1. The molecule has 0 radical (unpaired) electrons. The first-order chi connectivity index (χ1) is 8.61. The Kier molecular flexibility index (Phi) is 3.68. The molecule has 0 saturated carbocycles. The molecule has 0 aromatic carbocycles. The molecule has 1 N–H and O–H groups in total. The van der Waals surface area contributed by atoms with Crippen molar-refractivity contribution in [3.63, 3.8) is 0 Å². The van der Waals surface area contributed by atoms with Crippen LogP contribution < -0.4 is 4.72 Å². The molecule has 0 aliphatic heterocycles. The van der Waals surface area contributed by atoms with Crippen LogP contribution in [0.3, 0.4) is 0 Å². The Morgan fingerprint density at radius 3 is 2.83 bits per heavy atom. The van der Waals surface area contributed by atoms with Crippen molar-refractivity contribution in [2.24, 2.45) is 0 Å². The number of nitrogens with zero attached hydrogens (tertiary/aromatic N) is 3. The van der Waals surface area contributed by atoms with Gasteiger partial charge in [-0.3, -0.25) is 4.98 Å². The predicted octanol–water partition coefficient (Wildman–Crippen LogP) is 0.571. The first-order valence-electron chi connectivity index (χ1n) is 5.32. The number of sulfonamides is 1. The van der Waals surface area contributed by atoms with Crippen LogP contribution in [0.1, 0.15) is 12.8 Å². The van der Waals surface area contributed by atoms with Crippen LogP contribution in [-0.4, -0.2) is 29.4 Å². The summed E-state index contributed by atoms with van der Waals surface area (Å²) in [6, 6.07) is 5.30. The third-order valence-electron chi connectivity index (χ3n) is 2.17. The molecule has 0 aliphatic rings. The van der Waals surface area contributed by atoms with Gasteiger partial charge in [-0.25, -0.2) is 13.1 Å². The zero-order valence-electron chi connectivity index (χ0n) is 9.70. The van der Waals surface area contributed by atoms with Crippen molar-refractivity contribution >= 4 is 10.0 Å². The molecule has 8 heteroatoms. The van der Waals surface area contributed by atoms with E-state index in [1.54, 1.807) is 31.3 Å². The quantitative estimate of drug-likeness (QED) is 0.851. The Morgan fingerprint density at radius 2 is 2.17 bits per heavy atom. The lowest BCUT2D eigenvalue weighted by molar-refractivity contribution is 0.493. The van der Waals surface area contributed by atoms with Gasteiger partial charge in [-0.2, -0.15) is 0 Å². The lowest BCUT2D eigenvalue weighted by atomic mass is 10.3. The van der Waals surface area contributed by atoms with Crippen molar-refractivity contribution in [1.29, 1.82) is 0 Å². The molecule has 0 spiro atoms. The molecule has 0 atom stereocenters. The first-order valence-corrected chi connectivity index (χ1v) is 6.97. The zero-order valence-corrected chi connectivity index (χ0v) is 10.5. The van der Waals surface area contributed by atoms with Gasteiger partial charge in [0.25, 0.3) is 5.89 Å². The Labute approximate surface area is 104 Å². The van der Waals surface area contributed by atoms with E-state index in [4.69, 9.17) is 4.42 Å².